The maximum absolute atomic E-state index is 11.0. The van der Waals surface area contributed by atoms with E-state index in [1.54, 1.807) is 13.8 Å². The Balaban J connectivity index is 4.76. The molecular weight excluding hydrogens is 142 g/mol. The van der Waals surface area contributed by atoms with Crippen LogP contribution in [0, 0.1) is 5.41 Å². The molecule has 0 aromatic rings. The standard InChI is InChI=1S/C8H14NO2/c1-4-8(5-2,6(3)10)7(9)11/h9H,4-5H2,1-3H3. The highest BCUT2D eigenvalue weighted by Crippen LogP contribution is 2.27. The van der Waals surface area contributed by atoms with E-state index in [1.165, 1.54) is 6.92 Å². The van der Waals surface area contributed by atoms with Gasteiger partial charge in [-0.15, -0.1) is 0 Å². The summed E-state index contributed by atoms with van der Waals surface area (Å²) in [6.07, 6.45) is 0.863. The molecule has 0 aliphatic carbocycles. The monoisotopic (exact) mass is 156 g/mol. The molecule has 0 atom stereocenters. The van der Waals surface area contributed by atoms with Gasteiger partial charge in [0.15, 0.2) is 0 Å². The fraction of sp³-hybridized carbons (Fsp3) is 0.750. The Morgan fingerprint density at radius 1 is 1.27 bits per heavy atom. The lowest BCUT2D eigenvalue weighted by Crippen LogP contribution is -2.37. The van der Waals surface area contributed by atoms with Crippen molar-refractivity contribution in [2.75, 3.05) is 0 Å². The molecule has 0 aliphatic rings. The molecule has 0 aliphatic heterocycles. The summed E-state index contributed by atoms with van der Waals surface area (Å²) in [5.74, 6) is -0.947. The van der Waals surface area contributed by atoms with Gasteiger partial charge in [0.2, 0.25) is 0 Å². The van der Waals surface area contributed by atoms with Crippen LogP contribution in [0.4, 0.5) is 0 Å². The third-order valence-electron chi connectivity index (χ3n) is 2.32. The second kappa shape index (κ2) is 3.51. The SMILES string of the molecule is CCC(CC)(C(C)=O)C([NH])=O. The van der Waals surface area contributed by atoms with Crippen LogP contribution in [0.15, 0.2) is 0 Å². The molecule has 1 radical (unpaired) electrons. The zero-order chi connectivity index (χ0) is 9.07. The molecule has 0 rings (SSSR count). The summed E-state index contributed by atoms with van der Waals surface area (Å²) in [4.78, 5) is 21.8. The van der Waals surface area contributed by atoms with Crippen molar-refractivity contribution in [3.05, 3.63) is 0 Å². The van der Waals surface area contributed by atoms with Crippen LogP contribution in [0.2, 0.25) is 0 Å². The number of amides is 1. The van der Waals surface area contributed by atoms with E-state index >= 15 is 0 Å². The van der Waals surface area contributed by atoms with Gasteiger partial charge in [-0.3, -0.25) is 15.3 Å². The molecular formula is C8H14NO2. The first-order valence-electron chi connectivity index (χ1n) is 3.78. The zero-order valence-electron chi connectivity index (χ0n) is 7.23. The molecule has 0 bridgehead atoms. The summed E-state index contributed by atoms with van der Waals surface area (Å²) in [6.45, 7) is 4.90. The normalized spacial score (nSPS) is 11.2. The molecule has 0 aromatic heterocycles. The minimum Gasteiger partial charge on any atom is -0.299 e. The minimum atomic E-state index is -1.03. The summed E-state index contributed by atoms with van der Waals surface area (Å²) in [5.41, 5.74) is 5.93. The highest BCUT2D eigenvalue weighted by molar-refractivity contribution is 6.03. The average Bonchev–Trinajstić information content (AvgIpc) is 1.90. The Morgan fingerprint density at radius 2 is 1.64 bits per heavy atom. The van der Waals surface area contributed by atoms with Crippen LogP contribution >= 0.6 is 0 Å². The first-order chi connectivity index (χ1) is 5.01. The minimum absolute atomic E-state index is 0.192. The second-order valence-electron chi connectivity index (χ2n) is 2.67. The van der Waals surface area contributed by atoms with E-state index in [4.69, 9.17) is 5.73 Å². The number of nitrogens with one attached hydrogen (secondary N) is 1. The van der Waals surface area contributed by atoms with Crippen molar-refractivity contribution in [1.29, 1.82) is 0 Å². The van der Waals surface area contributed by atoms with Crippen LogP contribution in [-0.4, -0.2) is 11.7 Å². The summed E-state index contributed by atoms with van der Waals surface area (Å²) < 4.78 is 0. The smallest absolute Gasteiger partial charge is 0.252 e. The molecule has 0 saturated carbocycles. The van der Waals surface area contributed by atoms with Crippen molar-refractivity contribution in [2.45, 2.75) is 33.6 Å². The van der Waals surface area contributed by atoms with Crippen molar-refractivity contribution in [3.63, 3.8) is 0 Å². The van der Waals surface area contributed by atoms with Crippen LogP contribution in [-0.2, 0) is 9.59 Å². The van der Waals surface area contributed by atoms with Crippen LogP contribution in [0.5, 0.6) is 0 Å². The van der Waals surface area contributed by atoms with Crippen molar-refractivity contribution < 1.29 is 9.59 Å². The molecule has 1 amide bonds. The van der Waals surface area contributed by atoms with Gasteiger partial charge in [0, 0.05) is 0 Å². The third kappa shape index (κ3) is 1.59. The zero-order valence-corrected chi connectivity index (χ0v) is 7.23. The average molecular weight is 156 g/mol. The lowest BCUT2D eigenvalue weighted by molar-refractivity contribution is -0.140. The Bertz CT molecular complexity index is 155. The molecule has 63 valence electrons. The molecule has 1 N–H and O–H groups in total. The second-order valence-corrected chi connectivity index (χ2v) is 2.67. The number of rotatable bonds is 4. The Labute approximate surface area is 67.0 Å². The maximum Gasteiger partial charge on any atom is 0.252 e. The van der Waals surface area contributed by atoms with Crippen molar-refractivity contribution in [2.24, 2.45) is 5.41 Å². The number of carbonyl (C=O) groups is 2. The maximum atomic E-state index is 11.0. The number of carbonyl (C=O) groups excluding carboxylic acids is 2. The van der Waals surface area contributed by atoms with Crippen LogP contribution in [0.25, 0.3) is 0 Å². The van der Waals surface area contributed by atoms with E-state index in [0.29, 0.717) is 12.8 Å². The molecule has 3 nitrogen and oxygen atoms in total. The van der Waals surface area contributed by atoms with Gasteiger partial charge in [0.05, 0.1) is 0 Å². The van der Waals surface area contributed by atoms with E-state index in [9.17, 15) is 9.59 Å². The molecule has 0 aromatic carbocycles. The van der Waals surface area contributed by atoms with Gasteiger partial charge in [-0.25, -0.2) is 0 Å². The van der Waals surface area contributed by atoms with Crippen molar-refractivity contribution in [3.8, 4) is 0 Å². The highest BCUT2D eigenvalue weighted by Gasteiger charge is 2.38. The lowest BCUT2D eigenvalue weighted by atomic mass is 9.78. The molecule has 0 fully saturated rings. The molecule has 0 spiro atoms. The van der Waals surface area contributed by atoms with E-state index in [-0.39, 0.29) is 5.78 Å². The van der Waals surface area contributed by atoms with Gasteiger partial charge >= 0.3 is 0 Å². The molecule has 0 saturated heterocycles. The predicted molar refractivity (Wildman–Crippen MR) is 41.8 cm³/mol. The summed E-state index contributed by atoms with van der Waals surface area (Å²) in [5, 5.41) is 0. The Morgan fingerprint density at radius 3 is 1.64 bits per heavy atom. The molecule has 11 heavy (non-hydrogen) atoms. The Hall–Kier alpha value is -0.860. The van der Waals surface area contributed by atoms with Gasteiger partial charge in [-0.05, 0) is 19.8 Å². The molecule has 0 heterocycles. The van der Waals surface area contributed by atoms with Gasteiger partial charge in [-0.2, -0.15) is 0 Å². The largest absolute Gasteiger partial charge is 0.299 e. The van der Waals surface area contributed by atoms with E-state index in [1.807, 2.05) is 0 Å². The predicted octanol–water partition coefficient (Wildman–Crippen LogP) is 1.19. The van der Waals surface area contributed by atoms with E-state index in [2.05, 4.69) is 0 Å². The third-order valence-corrected chi connectivity index (χ3v) is 2.32. The van der Waals surface area contributed by atoms with Gasteiger partial charge in [-0.1, -0.05) is 13.8 Å². The van der Waals surface area contributed by atoms with E-state index < -0.39 is 11.3 Å². The van der Waals surface area contributed by atoms with Crippen LogP contribution in [0.1, 0.15) is 33.6 Å². The number of hydrogen-bond donors (Lipinski definition) is 0. The molecule has 0 unspecified atom stereocenters. The number of ketones is 1. The topological polar surface area (TPSA) is 57.9 Å². The summed E-state index contributed by atoms with van der Waals surface area (Å²) >= 11 is 0. The summed E-state index contributed by atoms with van der Waals surface area (Å²) in [6, 6.07) is 0. The fourth-order valence-corrected chi connectivity index (χ4v) is 1.23. The number of hydrogen-bond acceptors (Lipinski definition) is 2. The fourth-order valence-electron chi connectivity index (χ4n) is 1.23. The van der Waals surface area contributed by atoms with Gasteiger partial charge in [0.25, 0.3) is 5.91 Å². The quantitative estimate of drug-likeness (QED) is 0.574. The van der Waals surface area contributed by atoms with Crippen LogP contribution < -0.4 is 5.73 Å². The number of Topliss-reactive ketones (excluding diaryl/α,β-unsaturated/α-hetero) is 1. The summed E-state index contributed by atoms with van der Waals surface area (Å²) in [7, 11) is 0. The van der Waals surface area contributed by atoms with Gasteiger partial charge in [0.1, 0.15) is 11.2 Å². The van der Waals surface area contributed by atoms with Crippen molar-refractivity contribution in [1.82, 2.24) is 5.73 Å². The lowest BCUT2D eigenvalue weighted by Gasteiger charge is -2.23. The van der Waals surface area contributed by atoms with E-state index in [0.717, 1.165) is 0 Å². The van der Waals surface area contributed by atoms with Crippen LogP contribution in [0.3, 0.4) is 0 Å². The first kappa shape index (κ1) is 10.1. The first-order valence-corrected chi connectivity index (χ1v) is 3.78. The van der Waals surface area contributed by atoms with Gasteiger partial charge < -0.3 is 0 Å². The molecule has 3 heteroatoms. The Kier molecular flexibility index (Phi) is 3.23. The van der Waals surface area contributed by atoms with Crippen molar-refractivity contribution >= 4 is 11.7 Å². The highest BCUT2D eigenvalue weighted by atomic mass is 16.2.